The number of aryl methyl sites for hydroxylation is 1. The minimum absolute atomic E-state index is 0. The number of nitrogens with zero attached hydrogens (tertiary/aromatic N) is 3. The molecule has 1 fully saturated rings. The van der Waals surface area contributed by atoms with Gasteiger partial charge in [-0.05, 0) is 49.6 Å². The van der Waals surface area contributed by atoms with E-state index in [1.165, 1.54) is 0 Å². The summed E-state index contributed by atoms with van der Waals surface area (Å²) in [6, 6.07) is 7.49. The van der Waals surface area contributed by atoms with Gasteiger partial charge in [0.2, 0.25) is 17.6 Å². The molecule has 142 valence electrons. The zero-order valence-corrected chi connectivity index (χ0v) is 15.7. The Morgan fingerprint density at radius 1 is 1.38 bits per heavy atom. The highest BCUT2D eigenvalue weighted by Crippen LogP contribution is 2.20. The van der Waals surface area contributed by atoms with Crippen molar-refractivity contribution in [2.75, 3.05) is 26.7 Å². The third-order valence-corrected chi connectivity index (χ3v) is 4.57. The quantitative estimate of drug-likeness (QED) is 0.791. The lowest BCUT2D eigenvalue weighted by atomic mass is 10.1. The molecule has 26 heavy (non-hydrogen) atoms. The summed E-state index contributed by atoms with van der Waals surface area (Å²) >= 11 is 0. The Morgan fingerprint density at radius 3 is 2.81 bits per heavy atom. The summed E-state index contributed by atoms with van der Waals surface area (Å²) in [5.74, 6) is 2.52. The van der Waals surface area contributed by atoms with Gasteiger partial charge in [-0.1, -0.05) is 5.16 Å². The van der Waals surface area contributed by atoms with E-state index >= 15 is 0 Å². The minimum atomic E-state index is 0. The van der Waals surface area contributed by atoms with Gasteiger partial charge in [-0.2, -0.15) is 4.98 Å². The summed E-state index contributed by atoms with van der Waals surface area (Å²) in [5, 5.41) is 4.00. The van der Waals surface area contributed by atoms with E-state index in [2.05, 4.69) is 10.1 Å². The van der Waals surface area contributed by atoms with Crippen LogP contribution in [0.25, 0.3) is 11.4 Å². The number of amides is 1. The molecule has 2 aromatic rings. The van der Waals surface area contributed by atoms with Crippen LogP contribution in [0.2, 0.25) is 0 Å². The standard InChI is InChI=1S/C18H24N4O3.ClH/c1-24-15-7-5-14(6-8-15)18-20-16(25-21-18)3-2-4-17(23)22-10-9-13(11-19)12-22;/h5-8,13H,2-4,9-12,19H2,1H3;1H. The first-order valence-electron chi connectivity index (χ1n) is 8.64. The number of carbonyl (C=O) groups is 1. The van der Waals surface area contributed by atoms with E-state index in [0.29, 0.717) is 43.4 Å². The lowest BCUT2D eigenvalue weighted by Gasteiger charge is -2.15. The third-order valence-electron chi connectivity index (χ3n) is 4.57. The van der Waals surface area contributed by atoms with Crippen molar-refractivity contribution in [1.82, 2.24) is 15.0 Å². The summed E-state index contributed by atoms with van der Waals surface area (Å²) in [4.78, 5) is 18.5. The number of methoxy groups -OCH3 is 1. The summed E-state index contributed by atoms with van der Waals surface area (Å²) in [7, 11) is 1.63. The average Bonchev–Trinajstić information content (AvgIpc) is 3.31. The Balaban J connectivity index is 0.00000243. The molecule has 2 N–H and O–H groups in total. The molecule has 1 aliphatic rings. The van der Waals surface area contributed by atoms with Crippen LogP contribution >= 0.6 is 12.4 Å². The van der Waals surface area contributed by atoms with Gasteiger partial charge in [0.05, 0.1) is 7.11 Å². The maximum atomic E-state index is 12.2. The molecule has 3 rings (SSSR count). The molecule has 0 aliphatic carbocycles. The van der Waals surface area contributed by atoms with Crippen molar-refractivity contribution < 1.29 is 14.1 Å². The SMILES string of the molecule is COc1ccc(-c2noc(CCCC(=O)N3CCC(CN)C3)n2)cc1.Cl. The lowest BCUT2D eigenvalue weighted by Crippen LogP contribution is -2.29. The van der Waals surface area contributed by atoms with Gasteiger partial charge in [-0.3, -0.25) is 4.79 Å². The Morgan fingerprint density at radius 2 is 2.15 bits per heavy atom. The minimum Gasteiger partial charge on any atom is -0.497 e. The molecule has 1 unspecified atom stereocenters. The van der Waals surface area contributed by atoms with Gasteiger partial charge in [0.25, 0.3) is 0 Å². The van der Waals surface area contributed by atoms with E-state index in [9.17, 15) is 4.79 Å². The smallest absolute Gasteiger partial charge is 0.226 e. The number of aromatic nitrogens is 2. The largest absolute Gasteiger partial charge is 0.497 e. The van der Waals surface area contributed by atoms with Crippen LogP contribution in [0.3, 0.4) is 0 Å². The van der Waals surface area contributed by atoms with Gasteiger partial charge in [0.1, 0.15) is 5.75 Å². The van der Waals surface area contributed by atoms with Crippen LogP contribution in [0.5, 0.6) is 5.75 Å². The second kappa shape index (κ2) is 9.54. The molecule has 0 spiro atoms. The van der Waals surface area contributed by atoms with E-state index in [1.807, 2.05) is 29.2 Å². The molecule has 1 atom stereocenters. The van der Waals surface area contributed by atoms with E-state index in [4.69, 9.17) is 15.0 Å². The number of ether oxygens (including phenoxy) is 1. The number of rotatable bonds is 7. The van der Waals surface area contributed by atoms with Gasteiger partial charge in [0, 0.05) is 31.5 Å². The van der Waals surface area contributed by atoms with Crippen LogP contribution in [0.4, 0.5) is 0 Å². The van der Waals surface area contributed by atoms with Gasteiger partial charge in [0.15, 0.2) is 0 Å². The molecular formula is C18H25ClN4O3. The number of carbonyl (C=O) groups excluding carboxylic acids is 1. The van der Waals surface area contributed by atoms with Crippen molar-refractivity contribution in [2.45, 2.75) is 25.7 Å². The third kappa shape index (κ3) is 4.95. The van der Waals surface area contributed by atoms with Gasteiger partial charge in [-0.25, -0.2) is 0 Å². The highest BCUT2D eigenvalue weighted by molar-refractivity contribution is 5.85. The van der Waals surface area contributed by atoms with Gasteiger partial charge < -0.3 is 19.9 Å². The molecule has 7 nitrogen and oxygen atoms in total. The van der Waals surface area contributed by atoms with Crippen molar-refractivity contribution in [3.63, 3.8) is 0 Å². The molecule has 1 aliphatic heterocycles. The fourth-order valence-electron chi connectivity index (χ4n) is 3.01. The zero-order valence-electron chi connectivity index (χ0n) is 14.9. The predicted octanol–water partition coefficient (Wildman–Crippen LogP) is 2.30. The first-order chi connectivity index (χ1) is 12.2. The summed E-state index contributed by atoms with van der Waals surface area (Å²) in [6.45, 7) is 2.26. The number of hydrogen-bond acceptors (Lipinski definition) is 6. The second-order valence-corrected chi connectivity index (χ2v) is 6.32. The average molecular weight is 381 g/mol. The first kappa shape index (κ1) is 20.2. The Bertz CT molecular complexity index is 705. The number of hydrogen-bond donors (Lipinski definition) is 1. The van der Waals surface area contributed by atoms with Crippen LogP contribution in [0.1, 0.15) is 25.2 Å². The van der Waals surface area contributed by atoms with E-state index < -0.39 is 0 Å². The predicted molar refractivity (Wildman–Crippen MR) is 100 cm³/mol. The van der Waals surface area contributed by atoms with Crippen molar-refractivity contribution >= 4 is 18.3 Å². The van der Waals surface area contributed by atoms with E-state index in [0.717, 1.165) is 30.8 Å². The maximum Gasteiger partial charge on any atom is 0.226 e. The molecule has 8 heteroatoms. The number of halogens is 1. The fraction of sp³-hybridized carbons (Fsp3) is 0.500. The number of nitrogens with two attached hydrogens (primary N) is 1. The number of benzene rings is 1. The highest BCUT2D eigenvalue weighted by atomic mass is 35.5. The highest BCUT2D eigenvalue weighted by Gasteiger charge is 2.24. The molecular weight excluding hydrogens is 356 g/mol. The van der Waals surface area contributed by atoms with Gasteiger partial charge in [-0.15, -0.1) is 12.4 Å². The molecule has 1 aromatic carbocycles. The molecule has 1 amide bonds. The maximum absolute atomic E-state index is 12.2. The molecule has 1 aromatic heterocycles. The van der Waals surface area contributed by atoms with Crippen LogP contribution in [0.15, 0.2) is 28.8 Å². The van der Waals surface area contributed by atoms with Crippen molar-refractivity contribution in [1.29, 1.82) is 0 Å². The molecule has 0 radical (unpaired) electrons. The van der Waals surface area contributed by atoms with Crippen molar-refractivity contribution in [3.05, 3.63) is 30.2 Å². The first-order valence-corrected chi connectivity index (χ1v) is 8.64. The summed E-state index contributed by atoms with van der Waals surface area (Å²) in [5.41, 5.74) is 6.54. The van der Waals surface area contributed by atoms with E-state index in [-0.39, 0.29) is 18.3 Å². The molecule has 1 saturated heterocycles. The molecule has 0 saturated carbocycles. The topological polar surface area (TPSA) is 94.5 Å². The monoisotopic (exact) mass is 380 g/mol. The second-order valence-electron chi connectivity index (χ2n) is 6.32. The normalized spacial score (nSPS) is 16.4. The lowest BCUT2D eigenvalue weighted by molar-refractivity contribution is -0.130. The van der Waals surface area contributed by atoms with E-state index in [1.54, 1.807) is 7.11 Å². The fourth-order valence-corrected chi connectivity index (χ4v) is 3.01. The van der Waals surface area contributed by atoms with Crippen molar-refractivity contribution in [2.24, 2.45) is 11.7 Å². The van der Waals surface area contributed by atoms with Crippen LogP contribution in [-0.4, -0.2) is 47.7 Å². The zero-order chi connectivity index (χ0) is 17.6. The van der Waals surface area contributed by atoms with Crippen LogP contribution in [0, 0.1) is 5.92 Å². The van der Waals surface area contributed by atoms with Gasteiger partial charge >= 0.3 is 0 Å². The number of likely N-dealkylation sites (tertiary alicyclic amines) is 1. The summed E-state index contributed by atoms with van der Waals surface area (Å²) < 4.78 is 10.4. The van der Waals surface area contributed by atoms with Crippen LogP contribution in [-0.2, 0) is 11.2 Å². The Kier molecular flexibility index (Phi) is 7.41. The van der Waals surface area contributed by atoms with Crippen molar-refractivity contribution in [3.8, 4) is 17.1 Å². The summed E-state index contributed by atoms with van der Waals surface area (Å²) in [6.07, 6.45) is 2.81. The Hall–Kier alpha value is -2.12. The molecule has 2 heterocycles. The van der Waals surface area contributed by atoms with Crippen LogP contribution < -0.4 is 10.5 Å². The molecule has 0 bridgehead atoms. The Labute approximate surface area is 159 Å².